The van der Waals surface area contributed by atoms with Gasteiger partial charge in [-0.05, 0) is 55.8 Å². The fourth-order valence-corrected chi connectivity index (χ4v) is 4.80. The van der Waals surface area contributed by atoms with Gasteiger partial charge in [0.1, 0.15) is 11.4 Å². The first-order valence-corrected chi connectivity index (χ1v) is 13.1. The van der Waals surface area contributed by atoms with Gasteiger partial charge >= 0.3 is 0 Å². The van der Waals surface area contributed by atoms with E-state index in [2.05, 4.69) is 25.7 Å². The monoisotopic (exact) mass is 394 g/mol. The molecule has 1 aromatic heterocycles. The first kappa shape index (κ1) is 20.1. The van der Waals surface area contributed by atoms with Crippen molar-refractivity contribution in [3.63, 3.8) is 0 Å². The summed E-state index contributed by atoms with van der Waals surface area (Å²) in [7, 11) is -1.46. The summed E-state index contributed by atoms with van der Waals surface area (Å²) in [4.78, 5) is 12.9. The lowest BCUT2D eigenvalue weighted by Crippen LogP contribution is -2.32. The van der Waals surface area contributed by atoms with Crippen LogP contribution in [0.2, 0.25) is 25.7 Å². The normalized spacial score (nSPS) is 16.4. The van der Waals surface area contributed by atoms with Crippen molar-refractivity contribution in [3.05, 3.63) is 69.6 Å². The number of hydrogen-bond acceptors (Lipinski definition) is 4. The van der Waals surface area contributed by atoms with Gasteiger partial charge in [0.15, 0.2) is 0 Å². The molecule has 0 saturated heterocycles. The minimum atomic E-state index is -1.46. The zero-order chi connectivity index (χ0) is 20.7. The average Bonchev–Trinajstić information content (AvgIpc) is 2.58. The third-order valence-electron chi connectivity index (χ3n) is 4.64. The predicted molar refractivity (Wildman–Crippen MR) is 113 cm³/mol. The number of fused-ring (bicyclic) bond motifs is 1. The van der Waals surface area contributed by atoms with Crippen molar-refractivity contribution in [1.82, 2.24) is 4.57 Å². The van der Waals surface area contributed by atoms with E-state index in [0.717, 1.165) is 0 Å². The van der Waals surface area contributed by atoms with Crippen LogP contribution in [0.1, 0.15) is 36.6 Å². The predicted octanol–water partition coefficient (Wildman–Crippen LogP) is 4.15. The number of pyridine rings is 1. The number of hydrogen-bond donors (Lipinski definition) is 1. The second-order valence-electron chi connectivity index (χ2n) is 9.01. The second kappa shape index (κ2) is 7.08. The van der Waals surface area contributed by atoms with Crippen LogP contribution in [0.15, 0.2) is 47.4 Å². The van der Waals surface area contributed by atoms with Crippen LogP contribution in [0.4, 0.5) is 0 Å². The van der Waals surface area contributed by atoms with E-state index in [9.17, 15) is 15.2 Å². The maximum absolute atomic E-state index is 12.9. The molecule has 2 heterocycles. The van der Waals surface area contributed by atoms with E-state index < -0.39 is 19.8 Å². The Balaban J connectivity index is 2.07. The first-order valence-electron chi connectivity index (χ1n) is 9.36. The highest BCUT2D eigenvalue weighted by Gasteiger charge is 2.28. The molecular weight excluding hydrogens is 368 g/mol. The highest BCUT2D eigenvalue weighted by Crippen LogP contribution is 2.37. The average molecular weight is 395 g/mol. The van der Waals surface area contributed by atoms with Crippen LogP contribution >= 0.6 is 0 Å². The fourth-order valence-electron chi connectivity index (χ4n) is 3.41. The molecule has 1 aromatic carbocycles. The van der Waals surface area contributed by atoms with Crippen molar-refractivity contribution in [2.45, 2.75) is 51.2 Å². The maximum atomic E-state index is 12.9. The van der Waals surface area contributed by atoms with Gasteiger partial charge in [-0.2, -0.15) is 5.26 Å². The maximum Gasteiger partial charge on any atom is 0.255 e. The van der Waals surface area contributed by atoms with Crippen molar-refractivity contribution in [3.8, 4) is 11.8 Å². The number of aromatic nitrogens is 1. The molecule has 2 aromatic rings. The van der Waals surface area contributed by atoms with Gasteiger partial charge in [0.25, 0.3) is 5.56 Å². The molecular formula is C22H26N2O3Si. The molecule has 1 atom stereocenters. The van der Waals surface area contributed by atoms with Gasteiger partial charge in [-0.25, -0.2) is 0 Å². The third kappa shape index (κ3) is 4.27. The number of ether oxygens (including phenoxy) is 1. The van der Waals surface area contributed by atoms with Crippen molar-refractivity contribution in [1.29, 1.82) is 5.26 Å². The summed E-state index contributed by atoms with van der Waals surface area (Å²) in [5, 5.41) is 19.7. The Labute approximate surface area is 166 Å². The van der Waals surface area contributed by atoms with Crippen molar-refractivity contribution in [2.75, 3.05) is 0 Å². The molecule has 0 saturated carbocycles. The molecule has 0 amide bonds. The summed E-state index contributed by atoms with van der Waals surface area (Å²) in [5.74, 6) is 0.635. The third-order valence-corrected chi connectivity index (χ3v) is 6.25. The summed E-state index contributed by atoms with van der Waals surface area (Å²) in [5.41, 5.74) is 1.72. The first-order chi connectivity index (χ1) is 13.0. The molecule has 0 aliphatic carbocycles. The van der Waals surface area contributed by atoms with Crippen LogP contribution in [0, 0.1) is 11.3 Å². The van der Waals surface area contributed by atoms with Crippen LogP contribution in [-0.4, -0.2) is 23.3 Å². The lowest BCUT2D eigenvalue weighted by Gasteiger charge is -2.31. The highest BCUT2D eigenvalue weighted by molar-refractivity contribution is 6.76. The van der Waals surface area contributed by atoms with Crippen LogP contribution in [0.3, 0.4) is 0 Å². The smallest absolute Gasteiger partial charge is 0.255 e. The second-order valence-corrected chi connectivity index (χ2v) is 14.5. The molecule has 1 N–H and O–H groups in total. The largest absolute Gasteiger partial charge is 0.483 e. The molecule has 6 heteroatoms. The van der Waals surface area contributed by atoms with E-state index >= 15 is 0 Å². The Bertz CT molecular complexity index is 1040. The van der Waals surface area contributed by atoms with Crippen LogP contribution in [0.25, 0.3) is 5.70 Å². The Hall–Kier alpha value is -2.62. The number of aliphatic hydroxyl groups is 1. The SMILES string of the molecule is CC1(C)C=C(n2ccc(C(O)C[Si](C)(C)C)cc2=O)c2cc(C#N)ccc2O1. The molecule has 146 valence electrons. The molecule has 1 unspecified atom stereocenters. The summed E-state index contributed by atoms with van der Waals surface area (Å²) in [6, 6.07) is 11.3. The number of benzene rings is 1. The van der Waals surface area contributed by atoms with E-state index in [4.69, 9.17) is 4.74 Å². The lowest BCUT2D eigenvalue weighted by molar-refractivity contribution is 0.157. The number of nitriles is 1. The van der Waals surface area contributed by atoms with Gasteiger partial charge in [-0.3, -0.25) is 9.36 Å². The van der Waals surface area contributed by atoms with Gasteiger partial charge < -0.3 is 9.84 Å². The highest BCUT2D eigenvalue weighted by atomic mass is 28.3. The van der Waals surface area contributed by atoms with Crippen molar-refractivity contribution < 1.29 is 9.84 Å². The standard InChI is InChI=1S/C22H26N2O3Si/c1-22(2)12-18(17-10-15(13-23)6-7-20(17)27-22)24-9-8-16(11-21(24)26)19(25)14-28(3,4)5/h6-12,19,25H,14H2,1-5H3. The summed E-state index contributed by atoms with van der Waals surface area (Å²) in [6.07, 6.45) is 2.95. The van der Waals surface area contributed by atoms with Crippen LogP contribution in [-0.2, 0) is 0 Å². The Kier molecular flexibility index (Phi) is 5.09. The topological polar surface area (TPSA) is 75.3 Å². The molecule has 0 radical (unpaired) electrons. The van der Waals surface area contributed by atoms with Gasteiger partial charge in [0.2, 0.25) is 0 Å². The molecule has 0 bridgehead atoms. The van der Waals surface area contributed by atoms with Crippen molar-refractivity contribution >= 4 is 13.8 Å². The van der Waals surface area contributed by atoms with E-state index in [0.29, 0.717) is 34.2 Å². The molecule has 0 spiro atoms. The summed E-state index contributed by atoms with van der Waals surface area (Å²) < 4.78 is 7.54. The molecule has 1 aliphatic heterocycles. The Morgan fingerprint density at radius 3 is 2.57 bits per heavy atom. The van der Waals surface area contributed by atoms with E-state index in [1.807, 2.05) is 19.9 Å². The zero-order valence-corrected chi connectivity index (χ0v) is 18.0. The molecule has 0 fully saturated rings. The van der Waals surface area contributed by atoms with Gasteiger partial charge in [-0.15, -0.1) is 0 Å². The molecule has 5 nitrogen and oxygen atoms in total. The van der Waals surface area contributed by atoms with E-state index in [-0.39, 0.29) is 5.56 Å². The number of nitrogens with zero attached hydrogens (tertiary/aromatic N) is 2. The van der Waals surface area contributed by atoms with E-state index in [1.165, 1.54) is 6.07 Å². The minimum Gasteiger partial charge on any atom is -0.483 e. The quantitative estimate of drug-likeness (QED) is 0.791. The van der Waals surface area contributed by atoms with E-state index in [1.54, 1.807) is 35.0 Å². The van der Waals surface area contributed by atoms with Crippen molar-refractivity contribution in [2.24, 2.45) is 0 Å². The van der Waals surface area contributed by atoms with Gasteiger partial charge in [-0.1, -0.05) is 19.6 Å². The minimum absolute atomic E-state index is 0.218. The lowest BCUT2D eigenvalue weighted by atomic mass is 9.97. The van der Waals surface area contributed by atoms with Gasteiger partial charge in [0.05, 0.1) is 23.4 Å². The fraction of sp³-hybridized carbons (Fsp3) is 0.364. The van der Waals surface area contributed by atoms with Gasteiger partial charge in [0, 0.05) is 25.9 Å². The number of rotatable bonds is 4. The zero-order valence-electron chi connectivity index (χ0n) is 17.0. The molecule has 3 rings (SSSR count). The van der Waals surface area contributed by atoms with Crippen LogP contribution < -0.4 is 10.3 Å². The molecule has 1 aliphatic rings. The summed E-state index contributed by atoms with van der Waals surface area (Å²) >= 11 is 0. The molecule has 28 heavy (non-hydrogen) atoms. The Morgan fingerprint density at radius 1 is 1.25 bits per heavy atom. The number of aliphatic hydroxyl groups excluding tert-OH is 1. The van der Waals surface area contributed by atoms with Crippen LogP contribution in [0.5, 0.6) is 5.75 Å². The Morgan fingerprint density at radius 2 is 1.96 bits per heavy atom. The summed E-state index contributed by atoms with van der Waals surface area (Å²) in [6.45, 7) is 10.4.